The minimum Gasteiger partial charge on any atom is -0.495 e. The van der Waals surface area contributed by atoms with E-state index in [0.717, 1.165) is 23.8 Å². The van der Waals surface area contributed by atoms with Gasteiger partial charge in [0.15, 0.2) is 6.61 Å². The van der Waals surface area contributed by atoms with Gasteiger partial charge in [0.25, 0.3) is 5.91 Å². The van der Waals surface area contributed by atoms with E-state index in [-0.39, 0.29) is 0 Å². The van der Waals surface area contributed by atoms with Gasteiger partial charge >= 0.3 is 5.97 Å². The van der Waals surface area contributed by atoms with Crippen molar-refractivity contribution in [1.29, 1.82) is 0 Å². The Bertz CT molecular complexity index is 757. The van der Waals surface area contributed by atoms with Crippen LogP contribution in [0.3, 0.4) is 0 Å². The maximum absolute atomic E-state index is 13.5. The fourth-order valence-corrected chi connectivity index (χ4v) is 2.00. The van der Waals surface area contributed by atoms with Crippen molar-refractivity contribution < 1.29 is 27.8 Å². The van der Waals surface area contributed by atoms with Gasteiger partial charge in [0.05, 0.1) is 12.8 Å². The first-order chi connectivity index (χ1) is 11.4. The number of esters is 1. The summed E-state index contributed by atoms with van der Waals surface area (Å²) >= 11 is 0. The average Bonchev–Trinajstić information content (AvgIpc) is 2.53. The summed E-state index contributed by atoms with van der Waals surface area (Å²) in [6.45, 7) is 1.14. The van der Waals surface area contributed by atoms with Crippen LogP contribution >= 0.6 is 0 Å². The summed E-state index contributed by atoms with van der Waals surface area (Å²) in [5.74, 6) is -3.59. The van der Waals surface area contributed by atoms with Gasteiger partial charge in [0.2, 0.25) is 0 Å². The van der Waals surface area contributed by atoms with Gasteiger partial charge in [-0.05, 0) is 36.8 Å². The molecule has 0 spiro atoms. The van der Waals surface area contributed by atoms with Gasteiger partial charge in [-0.2, -0.15) is 0 Å². The van der Waals surface area contributed by atoms with Crippen LogP contribution in [0, 0.1) is 18.6 Å². The lowest BCUT2D eigenvalue weighted by molar-refractivity contribution is -0.119. The fraction of sp³-hybridized carbons (Fsp3) is 0.176. The first kappa shape index (κ1) is 17.4. The molecule has 0 aliphatic carbocycles. The SMILES string of the molecule is COc1ccc(C)cc1NC(=O)COC(=O)c1c(F)cccc1F. The Balaban J connectivity index is 2.01. The van der Waals surface area contributed by atoms with Crippen LogP contribution in [0.25, 0.3) is 0 Å². The number of benzene rings is 2. The summed E-state index contributed by atoms with van der Waals surface area (Å²) < 4.78 is 36.7. The molecule has 0 bridgehead atoms. The molecule has 0 radical (unpaired) electrons. The van der Waals surface area contributed by atoms with Crippen LogP contribution in [0.15, 0.2) is 36.4 Å². The van der Waals surface area contributed by atoms with E-state index in [0.29, 0.717) is 11.4 Å². The Morgan fingerprint density at radius 1 is 1.12 bits per heavy atom. The number of carbonyl (C=O) groups is 2. The summed E-state index contributed by atoms with van der Waals surface area (Å²) in [5, 5.41) is 2.51. The van der Waals surface area contributed by atoms with Crippen LogP contribution in [0.5, 0.6) is 5.75 Å². The maximum atomic E-state index is 13.5. The largest absolute Gasteiger partial charge is 0.495 e. The van der Waals surface area contributed by atoms with Crippen molar-refractivity contribution in [2.75, 3.05) is 19.0 Å². The number of ether oxygens (including phenoxy) is 2. The average molecular weight is 335 g/mol. The molecular formula is C17H15F2NO4. The topological polar surface area (TPSA) is 64.6 Å². The molecule has 0 fully saturated rings. The van der Waals surface area contributed by atoms with E-state index in [1.54, 1.807) is 18.2 Å². The van der Waals surface area contributed by atoms with Crippen molar-refractivity contribution in [3.8, 4) is 5.75 Å². The molecule has 1 N–H and O–H groups in total. The van der Waals surface area contributed by atoms with Gasteiger partial charge in [-0.15, -0.1) is 0 Å². The third-order valence-corrected chi connectivity index (χ3v) is 3.13. The first-order valence-corrected chi connectivity index (χ1v) is 6.98. The number of halogens is 2. The Kier molecular flexibility index (Phi) is 5.47. The predicted octanol–water partition coefficient (Wildman–Crippen LogP) is 3.08. The monoisotopic (exact) mass is 335 g/mol. The highest BCUT2D eigenvalue weighted by molar-refractivity contribution is 5.96. The van der Waals surface area contributed by atoms with E-state index in [2.05, 4.69) is 10.1 Å². The first-order valence-electron chi connectivity index (χ1n) is 6.98. The molecule has 0 aliphatic rings. The van der Waals surface area contributed by atoms with E-state index in [1.807, 2.05) is 6.92 Å². The van der Waals surface area contributed by atoms with Gasteiger partial charge in [-0.1, -0.05) is 12.1 Å². The zero-order valence-corrected chi connectivity index (χ0v) is 13.1. The smallest absolute Gasteiger partial charge is 0.344 e. The third-order valence-electron chi connectivity index (χ3n) is 3.13. The van der Waals surface area contributed by atoms with Crippen molar-refractivity contribution in [1.82, 2.24) is 0 Å². The number of anilines is 1. The number of rotatable bonds is 5. The molecule has 0 heterocycles. The lowest BCUT2D eigenvalue weighted by Crippen LogP contribution is -2.22. The molecule has 0 unspecified atom stereocenters. The van der Waals surface area contributed by atoms with Crippen LogP contribution < -0.4 is 10.1 Å². The molecule has 24 heavy (non-hydrogen) atoms. The Labute approximate surface area is 137 Å². The third kappa shape index (κ3) is 4.07. The zero-order valence-electron chi connectivity index (χ0n) is 13.1. The van der Waals surface area contributed by atoms with Crippen molar-refractivity contribution in [3.63, 3.8) is 0 Å². The second-order valence-electron chi connectivity index (χ2n) is 4.92. The summed E-state index contributed by atoms with van der Waals surface area (Å²) in [4.78, 5) is 23.6. The van der Waals surface area contributed by atoms with Gasteiger partial charge in [0, 0.05) is 0 Å². The van der Waals surface area contributed by atoms with Crippen LogP contribution in [0.1, 0.15) is 15.9 Å². The van der Waals surface area contributed by atoms with Gasteiger partial charge < -0.3 is 14.8 Å². The molecule has 0 aromatic heterocycles. The van der Waals surface area contributed by atoms with Crippen molar-refractivity contribution in [3.05, 3.63) is 59.2 Å². The minimum atomic E-state index is -1.25. The van der Waals surface area contributed by atoms with Crippen LogP contribution in [-0.4, -0.2) is 25.6 Å². The number of aryl methyl sites for hydroxylation is 1. The standard InChI is InChI=1S/C17H15F2NO4/c1-10-6-7-14(23-2)13(8-10)20-15(21)9-24-17(22)16-11(18)4-3-5-12(16)19/h3-8H,9H2,1-2H3,(H,20,21). The number of carbonyl (C=O) groups excluding carboxylic acids is 2. The second kappa shape index (κ2) is 7.54. The second-order valence-corrected chi connectivity index (χ2v) is 4.92. The van der Waals surface area contributed by atoms with E-state index in [9.17, 15) is 18.4 Å². The highest BCUT2D eigenvalue weighted by atomic mass is 19.1. The molecule has 7 heteroatoms. The summed E-state index contributed by atoms with van der Waals surface area (Å²) in [7, 11) is 1.45. The molecule has 0 saturated heterocycles. The minimum absolute atomic E-state index is 0.399. The molecule has 0 saturated carbocycles. The molecule has 126 valence electrons. The van der Waals surface area contributed by atoms with Crippen molar-refractivity contribution in [2.24, 2.45) is 0 Å². The number of nitrogens with one attached hydrogen (secondary N) is 1. The van der Waals surface area contributed by atoms with E-state index in [1.165, 1.54) is 7.11 Å². The summed E-state index contributed by atoms with van der Waals surface area (Å²) in [5.41, 5.74) is 0.450. The molecule has 0 atom stereocenters. The zero-order chi connectivity index (χ0) is 17.7. The number of methoxy groups -OCH3 is 1. The van der Waals surface area contributed by atoms with Crippen molar-refractivity contribution >= 4 is 17.6 Å². The molecule has 2 aromatic rings. The van der Waals surface area contributed by atoms with Crippen LogP contribution in [0.4, 0.5) is 14.5 Å². The van der Waals surface area contributed by atoms with Gasteiger partial charge in [-0.3, -0.25) is 4.79 Å². The number of hydrogen-bond donors (Lipinski definition) is 1. The fourth-order valence-electron chi connectivity index (χ4n) is 2.00. The van der Waals surface area contributed by atoms with Gasteiger partial charge in [-0.25, -0.2) is 13.6 Å². The number of amides is 1. The molecular weight excluding hydrogens is 320 g/mol. The lowest BCUT2D eigenvalue weighted by Gasteiger charge is -2.11. The highest BCUT2D eigenvalue weighted by Gasteiger charge is 2.19. The highest BCUT2D eigenvalue weighted by Crippen LogP contribution is 2.25. The van der Waals surface area contributed by atoms with E-state index < -0.39 is 35.7 Å². The quantitative estimate of drug-likeness (QED) is 0.853. The molecule has 5 nitrogen and oxygen atoms in total. The normalized spacial score (nSPS) is 10.2. The summed E-state index contributed by atoms with van der Waals surface area (Å²) in [6, 6.07) is 8.13. The van der Waals surface area contributed by atoms with E-state index in [4.69, 9.17) is 4.74 Å². The van der Waals surface area contributed by atoms with Gasteiger partial charge in [0.1, 0.15) is 22.9 Å². The van der Waals surface area contributed by atoms with Crippen molar-refractivity contribution in [2.45, 2.75) is 6.92 Å². The summed E-state index contributed by atoms with van der Waals surface area (Å²) in [6.07, 6.45) is 0. The molecule has 2 aromatic carbocycles. The maximum Gasteiger partial charge on any atom is 0.344 e. The number of hydrogen-bond acceptors (Lipinski definition) is 4. The Morgan fingerprint density at radius 3 is 2.42 bits per heavy atom. The molecule has 0 aliphatic heterocycles. The Hall–Kier alpha value is -2.96. The molecule has 2 rings (SSSR count). The molecule has 1 amide bonds. The Morgan fingerprint density at radius 2 is 1.79 bits per heavy atom. The predicted molar refractivity (Wildman–Crippen MR) is 83.0 cm³/mol. The van der Waals surface area contributed by atoms with E-state index >= 15 is 0 Å². The lowest BCUT2D eigenvalue weighted by atomic mass is 10.2. The van der Waals surface area contributed by atoms with Crippen LogP contribution in [0.2, 0.25) is 0 Å². The van der Waals surface area contributed by atoms with Crippen LogP contribution in [-0.2, 0) is 9.53 Å².